The lowest BCUT2D eigenvalue weighted by Gasteiger charge is -2.07. The van der Waals surface area contributed by atoms with Crippen molar-refractivity contribution in [1.29, 1.82) is 0 Å². The summed E-state index contributed by atoms with van der Waals surface area (Å²) < 4.78 is 0. The Morgan fingerprint density at radius 2 is 1.67 bits per heavy atom. The molecule has 0 aliphatic carbocycles. The summed E-state index contributed by atoms with van der Waals surface area (Å²) in [5, 5.41) is 18.4. The Morgan fingerprint density at radius 1 is 1.07 bits per heavy atom. The summed E-state index contributed by atoms with van der Waals surface area (Å²) in [6.07, 6.45) is 14.4. The van der Waals surface area contributed by atoms with Crippen molar-refractivity contribution < 1.29 is 4.92 Å². The van der Waals surface area contributed by atoms with E-state index in [4.69, 9.17) is 12.2 Å². The number of hydrazone groups is 1. The van der Waals surface area contributed by atoms with Crippen molar-refractivity contribution in [3.63, 3.8) is 0 Å². The van der Waals surface area contributed by atoms with Crippen molar-refractivity contribution >= 4 is 29.2 Å². The van der Waals surface area contributed by atoms with Crippen LogP contribution in [0.5, 0.6) is 0 Å². The Labute approximate surface area is 168 Å². The van der Waals surface area contributed by atoms with Gasteiger partial charge in [-0.3, -0.25) is 15.5 Å². The van der Waals surface area contributed by atoms with Crippen molar-refractivity contribution in [2.75, 3.05) is 6.54 Å². The molecule has 0 heterocycles. The van der Waals surface area contributed by atoms with Crippen molar-refractivity contribution in [2.45, 2.75) is 71.1 Å². The average molecular weight is 393 g/mol. The van der Waals surface area contributed by atoms with Crippen LogP contribution in [0.15, 0.2) is 29.4 Å². The third-order valence-corrected chi connectivity index (χ3v) is 4.55. The molecule has 1 aromatic rings. The monoisotopic (exact) mass is 392 g/mol. The van der Waals surface area contributed by atoms with E-state index in [2.05, 4.69) is 22.8 Å². The Hall–Kier alpha value is -2.02. The van der Waals surface area contributed by atoms with Gasteiger partial charge in [-0.05, 0) is 24.7 Å². The second-order valence-corrected chi connectivity index (χ2v) is 7.03. The highest BCUT2D eigenvalue weighted by Gasteiger charge is 2.09. The van der Waals surface area contributed by atoms with Crippen LogP contribution in [-0.2, 0) is 0 Å². The molecular formula is C20H32N4O2S. The number of benzene rings is 1. The van der Waals surface area contributed by atoms with Gasteiger partial charge in [-0.2, -0.15) is 5.10 Å². The highest BCUT2D eigenvalue weighted by molar-refractivity contribution is 7.80. The maximum atomic E-state index is 10.9. The van der Waals surface area contributed by atoms with E-state index < -0.39 is 4.92 Å². The minimum Gasteiger partial charge on any atom is -0.361 e. The van der Waals surface area contributed by atoms with E-state index in [1.54, 1.807) is 18.2 Å². The molecule has 0 amide bonds. The zero-order chi connectivity index (χ0) is 19.7. The predicted octanol–water partition coefficient (Wildman–Crippen LogP) is 5.31. The molecule has 0 bridgehead atoms. The molecule has 0 aliphatic rings. The first kappa shape index (κ1) is 23.0. The first-order valence-corrected chi connectivity index (χ1v) is 10.4. The Balaban J connectivity index is 2.06. The van der Waals surface area contributed by atoms with Crippen molar-refractivity contribution in [3.8, 4) is 0 Å². The molecule has 0 spiro atoms. The van der Waals surface area contributed by atoms with E-state index in [0.717, 1.165) is 13.0 Å². The maximum absolute atomic E-state index is 10.9. The van der Waals surface area contributed by atoms with Crippen LogP contribution in [0.3, 0.4) is 0 Å². The van der Waals surface area contributed by atoms with E-state index >= 15 is 0 Å². The minimum atomic E-state index is -0.427. The largest absolute Gasteiger partial charge is 0.361 e. The van der Waals surface area contributed by atoms with Crippen molar-refractivity contribution in [1.82, 2.24) is 10.7 Å². The molecule has 150 valence electrons. The van der Waals surface area contributed by atoms with Crippen LogP contribution in [0.25, 0.3) is 0 Å². The number of nitrogens with one attached hydrogen (secondary N) is 2. The van der Waals surface area contributed by atoms with Gasteiger partial charge in [0.25, 0.3) is 5.69 Å². The highest BCUT2D eigenvalue weighted by Crippen LogP contribution is 2.15. The molecule has 0 radical (unpaired) electrons. The molecule has 1 aromatic carbocycles. The molecule has 0 saturated heterocycles. The summed E-state index contributed by atoms with van der Waals surface area (Å²) in [4.78, 5) is 10.5. The van der Waals surface area contributed by atoms with Gasteiger partial charge in [0.2, 0.25) is 0 Å². The molecule has 0 saturated carbocycles. The normalized spacial score (nSPS) is 10.9. The topological polar surface area (TPSA) is 79.6 Å². The molecule has 2 N–H and O–H groups in total. The molecule has 27 heavy (non-hydrogen) atoms. The SMILES string of the molecule is CCCCCCCCCCCCNC(=S)N/N=C/c1ccccc1[N+](=O)[O-]. The Bertz CT molecular complexity index is 593. The van der Waals surface area contributed by atoms with Gasteiger partial charge in [-0.25, -0.2) is 0 Å². The number of rotatable bonds is 14. The van der Waals surface area contributed by atoms with Crippen LogP contribution < -0.4 is 10.7 Å². The quantitative estimate of drug-likeness (QED) is 0.147. The third kappa shape index (κ3) is 11.3. The second kappa shape index (κ2) is 15.1. The van der Waals surface area contributed by atoms with Gasteiger partial charge in [-0.1, -0.05) is 76.8 Å². The first-order chi connectivity index (χ1) is 13.1. The summed E-state index contributed by atoms with van der Waals surface area (Å²) in [7, 11) is 0. The highest BCUT2D eigenvalue weighted by atomic mass is 32.1. The second-order valence-electron chi connectivity index (χ2n) is 6.62. The standard InChI is InChI=1S/C20H32N4O2S/c1-2-3-4-5-6-7-8-9-10-13-16-21-20(27)23-22-17-18-14-11-12-15-19(18)24(25)26/h11-12,14-15,17H,2-10,13,16H2,1H3,(H2,21,23,27)/b22-17+. The number of thiocarbonyl (C=S) groups is 1. The van der Waals surface area contributed by atoms with E-state index in [-0.39, 0.29) is 5.69 Å². The molecule has 0 fully saturated rings. The lowest BCUT2D eigenvalue weighted by atomic mass is 10.1. The van der Waals surface area contributed by atoms with Crippen molar-refractivity contribution in [2.24, 2.45) is 5.10 Å². The number of nitro benzene ring substituents is 1. The minimum absolute atomic E-state index is 0.0206. The Kier molecular flexibility index (Phi) is 12.9. The summed E-state index contributed by atoms with van der Waals surface area (Å²) in [6.45, 7) is 3.06. The summed E-state index contributed by atoms with van der Waals surface area (Å²) in [5.41, 5.74) is 3.16. The van der Waals surface area contributed by atoms with Crippen LogP contribution in [0.2, 0.25) is 0 Å². The van der Waals surface area contributed by atoms with Gasteiger partial charge in [0.05, 0.1) is 16.7 Å². The zero-order valence-electron chi connectivity index (χ0n) is 16.3. The smallest absolute Gasteiger partial charge is 0.278 e. The van der Waals surface area contributed by atoms with E-state index in [9.17, 15) is 10.1 Å². The number of nitro groups is 1. The van der Waals surface area contributed by atoms with E-state index in [1.165, 1.54) is 70.1 Å². The van der Waals surface area contributed by atoms with Gasteiger partial charge in [0.1, 0.15) is 0 Å². The number of hydrogen-bond acceptors (Lipinski definition) is 4. The fraction of sp³-hybridized carbons (Fsp3) is 0.600. The number of para-hydroxylation sites is 1. The molecule has 0 aliphatic heterocycles. The van der Waals surface area contributed by atoms with Gasteiger partial charge < -0.3 is 5.32 Å². The van der Waals surface area contributed by atoms with Gasteiger partial charge >= 0.3 is 0 Å². The average Bonchev–Trinajstić information content (AvgIpc) is 2.66. The number of nitrogens with zero attached hydrogens (tertiary/aromatic N) is 2. The third-order valence-electron chi connectivity index (χ3n) is 4.32. The molecule has 7 heteroatoms. The van der Waals surface area contributed by atoms with Crippen LogP contribution in [-0.4, -0.2) is 22.8 Å². The van der Waals surface area contributed by atoms with Gasteiger partial charge in [0.15, 0.2) is 5.11 Å². The molecule has 1 rings (SSSR count). The van der Waals surface area contributed by atoms with Crippen LogP contribution in [0.1, 0.15) is 76.7 Å². The predicted molar refractivity (Wildman–Crippen MR) is 116 cm³/mol. The summed E-state index contributed by atoms with van der Waals surface area (Å²) >= 11 is 5.15. The van der Waals surface area contributed by atoms with E-state index in [1.807, 2.05) is 0 Å². The number of unbranched alkanes of at least 4 members (excludes halogenated alkanes) is 9. The van der Waals surface area contributed by atoms with E-state index in [0.29, 0.717) is 10.7 Å². The molecule has 0 atom stereocenters. The van der Waals surface area contributed by atoms with Gasteiger partial charge in [-0.15, -0.1) is 0 Å². The Morgan fingerprint density at radius 3 is 2.30 bits per heavy atom. The zero-order valence-corrected chi connectivity index (χ0v) is 17.1. The summed E-state index contributed by atoms with van der Waals surface area (Å²) in [5.74, 6) is 0. The van der Waals surface area contributed by atoms with Gasteiger partial charge in [0, 0.05) is 12.6 Å². The maximum Gasteiger partial charge on any atom is 0.278 e. The fourth-order valence-electron chi connectivity index (χ4n) is 2.78. The lowest BCUT2D eigenvalue weighted by Crippen LogP contribution is -2.32. The summed E-state index contributed by atoms with van der Waals surface area (Å²) in [6, 6.07) is 6.45. The lowest BCUT2D eigenvalue weighted by molar-refractivity contribution is -0.385. The molecular weight excluding hydrogens is 360 g/mol. The van der Waals surface area contributed by atoms with Crippen LogP contribution in [0, 0.1) is 10.1 Å². The van der Waals surface area contributed by atoms with Crippen molar-refractivity contribution in [3.05, 3.63) is 39.9 Å². The molecule has 6 nitrogen and oxygen atoms in total. The van der Waals surface area contributed by atoms with Crippen LogP contribution in [0.4, 0.5) is 5.69 Å². The molecule has 0 aromatic heterocycles. The first-order valence-electron chi connectivity index (χ1n) is 9.95. The molecule has 0 unspecified atom stereocenters. The van der Waals surface area contributed by atoms with Crippen LogP contribution >= 0.6 is 12.2 Å². The number of hydrogen-bond donors (Lipinski definition) is 2. The fourth-order valence-corrected chi connectivity index (χ4v) is 2.93.